The minimum Gasteiger partial charge on any atom is -0.490 e. The highest BCUT2D eigenvalue weighted by Gasteiger charge is 2.16. The molecule has 1 atom stereocenters. The first kappa shape index (κ1) is 28.3. The predicted octanol–water partition coefficient (Wildman–Crippen LogP) is 7.21. The molecule has 0 heterocycles. The van der Waals surface area contributed by atoms with Crippen LogP contribution in [0.1, 0.15) is 45.8 Å². The van der Waals surface area contributed by atoms with Gasteiger partial charge in [-0.05, 0) is 59.0 Å². The van der Waals surface area contributed by atoms with E-state index in [0.717, 1.165) is 18.5 Å². The van der Waals surface area contributed by atoms with E-state index in [4.69, 9.17) is 4.74 Å². The number of ether oxygens (including phenoxy) is 1. The largest absolute Gasteiger partial charge is 0.490 e. The fourth-order valence-corrected chi connectivity index (χ4v) is 5.37. The number of aliphatic hydroxyl groups is 1. The monoisotopic (exact) mass is 543 g/mol. The molecule has 0 aliphatic rings. The van der Waals surface area contributed by atoms with Gasteiger partial charge in [-0.2, -0.15) is 0 Å². The van der Waals surface area contributed by atoms with Gasteiger partial charge in [-0.1, -0.05) is 115 Å². The van der Waals surface area contributed by atoms with Gasteiger partial charge in [0.15, 0.2) is 5.78 Å². The van der Waals surface area contributed by atoms with Crippen LogP contribution in [0.3, 0.4) is 0 Å². The van der Waals surface area contributed by atoms with E-state index in [0.29, 0.717) is 30.7 Å². The molecule has 5 aromatic carbocycles. The van der Waals surface area contributed by atoms with Crippen LogP contribution < -0.4 is 10.1 Å². The van der Waals surface area contributed by atoms with Crippen molar-refractivity contribution in [1.29, 1.82) is 0 Å². The van der Waals surface area contributed by atoms with Gasteiger partial charge in [-0.3, -0.25) is 4.79 Å². The summed E-state index contributed by atoms with van der Waals surface area (Å²) in [6, 6.07) is 42.8. The third-order valence-electron chi connectivity index (χ3n) is 7.51. The maximum absolute atomic E-state index is 13.2. The first-order chi connectivity index (χ1) is 20.2. The van der Waals surface area contributed by atoms with Crippen LogP contribution in [0, 0.1) is 0 Å². The van der Waals surface area contributed by atoms with Gasteiger partial charge in [0.25, 0.3) is 0 Å². The Labute approximate surface area is 242 Å². The number of ketones is 1. The van der Waals surface area contributed by atoms with Gasteiger partial charge in [-0.15, -0.1) is 0 Å². The van der Waals surface area contributed by atoms with Gasteiger partial charge in [0.2, 0.25) is 0 Å². The van der Waals surface area contributed by atoms with E-state index < -0.39 is 6.10 Å². The Morgan fingerprint density at radius 1 is 0.732 bits per heavy atom. The first-order valence-electron chi connectivity index (χ1n) is 14.4. The minimum absolute atomic E-state index is 0.0361. The number of hydrogen-bond acceptors (Lipinski definition) is 4. The quantitative estimate of drug-likeness (QED) is 0.115. The molecule has 0 aliphatic heterocycles. The van der Waals surface area contributed by atoms with Gasteiger partial charge in [-0.25, -0.2) is 0 Å². The minimum atomic E-state index is -0.694. The van der Waals surface area contributed by atoms with Crippen molar-refractivity contribution in [1.82, 2.24) is 5.32 Å². The number of nitrogens with one attached hydrogen (secondary N) is 1. The number of Topliss-reactive ketones (excluding diaryl/α,β-unsaturated/α-hetero) is 1. The molecule has 5 rings (SSSR count). The molecule has 0 saturated heterocycles. The predicted molar refractivity (Wildman–Crippen MR) is 167 cm³/mol. The Balaban J connectivity index is 1.11. The number of aliphatic hydroxyl groups excluding tert-OH is 1. The number of rotatable bonds is 14. The second kappa shape index (κ2) is 14.4. The molecule has 0 aliphatic carbocycles. The Bertz CT molecular complexity index is 1490. The third-order valence-corrected chi connectivity index (χ3v) is 7.51. The van der Waals surface area contributed by atoms with Gasteiger partial charge in [0.05, 0.1) is 5.56 Å². The molecule has 0 amide bonds. The normalized spacial score (nSPS) is 12.0. The summed E-state index contributed by atoms with van der Waals surface area (Å²) in [4.78, 5) is 13.2. The van der Waals surface area contributed by atoms with Crippen LogP contribution in [0.4, 0.5) is 0 Å². The zero-order valence-electron chi connectivity index (χ0n) is 23.3. The summed E-state index contributed by atoms with van der Waals surface area (Å²) in [5.74, 6) is 0.835. The van der Waals surface area contributed by atoms with Crippen LogP contribution in [0.2, 0.25) is 0 Å². The smallest absolute Gasteiger partial charge is 0.166 e. The van der Waals surface area contributed by atoms with Crippen LogP contribution in [0.25, 0.3) is 10.8 Å². The number of benzene rings is 5. The van der Waals surface area contributed by atoms with E-state index >= 15 is 0 Å². The van der Waals surface area contributed by atoms with Crippen molar-refractivity contribution in [3.63, 3.8) is 0 Å². The van der Waals surface area contributed by atoms with E-state index in [9.17, 15) is 9.90 Å². The van der Waals surface area contributed by atoms with Crippen molar-refractivity contribution in [3.05, 3.63) is 150 Å². The average Bonchev–Trinajstić information content (AvgIpc) is 3.03. The molecule has 2 N–H and O–H groups in total. The Morgan fingerprint density at radius 3 is 2.12 bits per heavy atom. The van der Waals surface area contributed by atoms with Crippen molar-refractivity contribution < 1.29 is 14.6 Å². The molecule has 0 saturated carbocycles. The number of carbonyl (C=O) groups is 1. The van der Waals surface area contributed by atoms with Gasteiger partial charge >= 0.3 is 0 Å². The third kappa shape index (κ3) is 7.69. The topological polar surface area (TPSA) is 58.6 Å². The standard InChI is InChI=1S/C37H37NO3/c39-32(26-38-25-24-34(28-12-3-1-4-13-28)29-14-5-2-6-15-29)27-41-37-21-10-9-20-35(37)36(40)23-22-31-18-11-17-30-16-7-8-19-33(30)31/h1-21,32,34,38-39H,22-27H2/t32-/m1/s1. The molecule has 0 aromatic heterocycles. The second-order valence-electron chi connectivity index (χ2n) is 10.4. The van der Waals surface area contributed by atoms with Crippen LogP contribution in [0.15, 0.2) is 127 Å². The maximum Gasteiger partial charge on any atom is 0.166 e. The summed E-state index contributed by atoms with van der Waals surface area (Å²) < 4.78 is 5.95. The number of para-hydroxylation sites is 1. The van der Waals surface area contributed by atoms with E-state index in [2.05, 4.69) is 78.1 Å². The van der Waals surface area contributed by atoms with Gasteiger partial charge < -0.3 is 15.2 Å². The zero-order valence-corrected chi connectivity index (χ0v) is 23.3. The molecule has 0 fully saturated rings. The Hall–Kier alpha value is -4.25. The SMILES string of the molecule is O=C(CCc1cccc2ccccc12)c1ccccc1OC[C@H](O)CNCCC(c1ccccc1)c1ccccc1. The van der Waals surface area contributed by atoms with Crippen LogP contribution in [0.5, 0.6) is 5.75 Å². The lowest BCUT2D eigenvalue weighted by molar-refractivity contribution is 0.0950. The number of aryl methyl sites for hydroxylation is 1. The molecule has 4 heteroatoms. The fourth-order valence-electron chi connectivity index (χ4n) is 5.37. The van der Waals surface area contributed by atoms with E-state index in [1.165, 1.54) is 21.9 Å². The summed E-state index contributed by atoms with van der Waals surface area (Å²) >= 11 is 0. The molecule has 208 valence electrons. The molecule has 0 spiro atoms. The number of carbonyl (C=O) groups excluding carboxylic acids is 1. The number of hydrogen-bond donors (Lipinski definition) is 2. The fraction of sp³-hybridized carbons (Fsp3) is 0.216. The highest BCUT2D eigenvalue weighted by atomic mass is 16.5. The second-order valence-corrected chi connectivity index (χ2v) is 10.4. The van der Waals surface area contributed by atoms with Crippen molar-refractivity contribution in [3.8, 4) is 5.75 Å². The summed E-state index contributed by atoms with van der Waals surface area (Å²) in [5.41, 5.74) is 4.29. The number of fused-ring (bicyclic) bond motifs is 1. The summed E-state index contributed by atoms with van der Waals surface area (Å²) in [6.07, 6.45) is 1.27. The lowest BCUT2D eigenvalue weighted by Gasteiger charge is -2.19. The Kier molecular flexibility index (Phi) is 9.94. The molecule has 0 bridgehead atoms. The molecule has 0 radical (unpaired) electrons. The molecule has 5 aromatic rings. The Morgan fingerprint density at radius 2 is 1.37 bits per heavy atom. The summed E-state index contributed by atoms with van der Waals surface area (Å²) in [5, 5.41) is 16.4. The van der Waals surface area contributed by atoms with Crippen molar-refractivity contribution in [2.45, 2.75) is 31.3 Å². The van der Waals surface area contributed by atoms with E-state index in [1.807, 2.05) is 42.5 Å². The summed E-state index contributed by atoms with van der Waals surface area (Å²) in [6.45, 7) is 1.28. The molecular formula is C37H37NO3. The van der Waals surface area contributed by atoms with Crippen LogP contribution in [-0.2, 0) is 6.42 Å². The van der Waals surface area contributed by atoms with E-state index in [1.54, 1.807) is 12.1 Å². The van der Waals surface area contributed by atoms with Gasteiger partial charge in [0, 0.05) is 18.9 Å². The van der Waals surface area contributed by atoms with Crippen molar-refractivity contribution in [2.75, 3.05) is 19.7 Å². The lowest BCUT2D eigenvalue weighted by atomic mass is 9.88. The van der Waals surface area contributed by atoms with Crippen molar-refractivity contribution >= 4 is 16.6 Å². The van der Waals surface area contributed by atoms with Crippen LogP contribution in [-0.4, -0.2) is 36.7 Å². The van der Waals surface area contributed by atoms with Crippen LogP contribution >= 0.6 is 0 Å². The van der Waals surface area contributed by atoms with E-state index in [-0.39, 0.29) is 18.3 Å². The average molecular weight is 544 g/mol. The molecule has 0 unspecified atom stereocenters. The molecule has 41 heavy (non-hydrogen) atoms. The molecular weight excluding hydrogens is 506 g/mol. The van der Waals surface area contributed by atoms with Gasteiger partial charge in [0.1, 0.15) is 18.5 Å². The first-order valence-corrected chi connectivity index (χ1v) is 14.4. The highest BCUT2D eigenvalue weighted by Crippen LogP contribution is 2.27. The lowest BCUT2D eigenvalue weighted by Crippen LogP contribution is -2.32. The summed E-state index contributed by atoms with van der Waals surface area (Å²) in [7, 11) is 0. The highest BCUT2D eigenvalue weighted by molar-refractivity contribution is 5.99. The molecule has 4 nitrogen and oxygen atoms in total. The van der Waals surface area contributed by atoms with Crippen molar-refractivity contribution in [2.24, 2.45) is 0 Å². The zero-order chi connectivity index (χ0) is 28.3. The maximum atomic E-state index is 13.2.